The Hall–Kier alpha value is -1.07. The fraction of sp³-hybridized carbons (Fsp3) is 0.800. The largest absolute Gasteiger partial charge is 0.493 e. The molecule has 2 aliphatic carbocycles. The van der Waals surface area contributed by atoms with Crippen LogP contribution in [0.15, 0.2) is 6.20 Å². The first kappa shape index (κ1) is 13.9. The van der Waals surface area contributed by atoms with E-state index in [9.17, 15) is 0 Å². The third-order valence-electron chi connectivity index (χ3n) is 4.93. The maximum atomic E-state index is 6.56. The highest BCUT2D eigenvalue weighted by Crippen LogP contribution is 2.57. The first-order valence-corrected chi connectivity index (χ1v) is 7.60. The van der Waals surface area contributed by atoms with Gasteiger partial charge in [-0.2, -0.15) is 5.10 Å². The predicted octanol–water partition coefficient (Wildman–Crippen LogP) is 1.50. The second kappa shape index (κ2) is 5.37. The monoisotopic (exact) mass is 278 g/mol. The molecule has 0 amide bonds. The fourth-order valence-corrected chi connectivity index (χ4v) is 3.62. The second-order valence-corrected chi connectivity index (χ2v) is 6.64. The average Bonchev–Trinajstić information content (AvgIpc) is 2.89. The molecule has 5 nitrogen and oxygen atoms in total. The van der Waals surface area contributed by atoms with Crippen LogP contribution in [-0.4, -0.2) is 42.4 Å². The summed E-state index contributed by atoms with van der Waals surface area (Å²) in [6.45, 7) is 1.82. The fourth-order valence-electron chi connectivity index (χ4n) is 3.62. The van der Waals surface area contributed by atoms with Gasteiger partial charge in [0.15, 0.2) is 5.75 Å². The van der Waals surface area contributed by atoms with Crippen molar-refractivity contribution in [2.24, 2.45) is 23.5 Å². The van der Waals surface area contributed by atoms with E-state index in [1.807, 2.05) is 4.68 Å². The molecule has 0 aromatic carbocycles. The van der Waals surface area contributed by atoms with Crippen molar-refractivity contribution in [2.75, 3.05) is 27.7 Å². The number of methoxy groups -OCH3 is 1. The van der Waals surface area contributed by atoms with E-state index in [1.54, 1.807) is 13.3 Å². The van der Waals surface area contributed by atoms with Crippen LogP contribution in [0.4, 0.5) is 0 Å². The van der Waals surface area contributed by atoms with Crippen LogP contribution in [0.1, 0.15) is 31.0 Å². The molecule has 0 bridgehead atoms. The predicted molar refractivity (Wildman–Crippen MR) is 78.6 cm³/mol. The molecule has 2 N–H and O–H groups in total. The van der Waals surface area contributed by atoms with Crippen molar-refractivity contribution >= 4 is 0 Å². The van der Waals surface area contributed by atoms with Gasteiger partial charge < -0.3 is 15.4 Å². The summed E-state index contributed by atoms with van der Waals surface area (Å²) in [5, 5.41) is 4.47. The third kappa shape index (κ3) is 2.56. The number of hydrogen-bond acceptors (Lipinski definition) is 4. The Morgan fingerprint density at radius 2 is 2.10 bits per heavy atom. The summed E-state index contributed by atoms with van der Waals surface area (Å²) in [7, 11) is 5.85. The number of fused-ring (bicyclic) bond motifs is 1. The van der Waals surface area contributed by atoms with Crippen molar-refractivity contribution in [2.45, 2.75) is 31.8 Å². The normalized spacial score (nSPS) is 29.6. The lowest BCUT2D eigenvalue weighted by Gasteiger charge is -2.23. The number of likely N-dealkylation sites (N-methyl/N-ethyl adjacent to an activating group) is 1. The Morgan fingerprint density at radius 1 is 1.40 bits per heavy atom. The number of nitrogens with two attached hydrogens (primary N) is 1. The first-order valence-electron chi connectivity index (χ1n) is 7.60. The van der Waals surface area contributed by atoms with E-state index < -0.39 is 0 Å². The van der Waals surface area contributed by atoms with E-state index in [0.29, 0.717) is 5.92 Å². The molecule has 0 radical (unpaired) electrons. The van der Waals surface area contributed by atoms with Gasteiger partial charge in [-0.15, -0.1) is 0 Å². The van der Waals surface area contributed by atoms with Gasteiger partial charge in [0.05, 0.1) is 31.6 Å². The van der Waals surface area contributed by atoms with E-state index in [0.717, 1.165) is 36.4 Å². The number of ether oxygens (including phenoxy) is 1. The van der Waals surface area contributed by atoms with Crippen molar-refractivity contribution in [1.29, 1.82) is 0 Å². The molecule has 2 fully saturated rings. The highest BCUT2D eigenvalue weighted by atomic mass is 16.5. The van der Waals surface area contributed by atoms with Gasteiger partial charge in [0, 0.05) is 6.54 Å². The minimum absolute atomic E-state index is 0.0578. The van der Waals surface area contributed by atoms with Gasteiger partial charge in [0.1, 0.15) is 0 Å². The molecule has 2 saturated carbocycles. The van der Waals surface area contributed by atoms with Crippen molar-refractivity contribution in [3.63, 3.8) is 0 Å². The highest BCUT2D eigenvalue weighted by Gasteiger charge is 2.48. The SMILES string of the molecule is COc1cnn(CCN(C)C)c1C(N)C1CC2CC2C1. The van der Waals surface area contributed by atoms with E-state index in [4.69, 9.17) is 10.5 Å². The zero-order valence-electron chi connectivity index (χ0n) is 12.7. The maximum Gasteiger partial charge on any atom is 0.161 e. The minimum Gasteiger partial charge on any atom is -0.493 e. The molecular weight excluding hydrogens is 252 g/mol. The molecule has 3 unspecified atom stereocenters. The average molecular weight is 278 g/mol. The van der Waals surface area contributed by atoms with Crippen LogP contribution in [0.25, 0.3) is 0 Å². The summed E-state index contributed by atoms with van der Waals surface area (Å²) in [6.07, 6.45) is 5.81. The van der Waals surface area contributed by atoms with Gasteiger partial charge in [-0.05, 0) is 51.1 Å². The van der Waals surface area contributed by atoms with Gasteiger partial charge in [-0.3, -0.25) is 4.68 Å². The summed E-state index contributed by atoms with van der Waals surface area (Å²) >= 11 is 0. The zero-order valence-corrected chi connectivity index (χ0v) is 12.7. The van der Waals surface area contributed by atoms with Gasteiger partial charge >= 0.3 is 0 Å². The summed E-state index contributed by atoms with van der Waals surface area (Å²) in [5.74, 6) is 3.35. The molecule has 0 aliphatic heterocycles. The molecule has 1 aromatic heterocycles. The van der Waals surface area contributed by atoms with E-state index in [1.165, 1.54) is 19.3 Å². The Kier molecular flexibility index (Phi) is 3.73. The van der Waals surface area contributed by atoms with Crippen molar-refractivity contribution in [3.8, 4) is 5.75 Å². The smallest absolute Gasteiger partial charge is 0.161 e. The number of nitrogens with zero attached hydrogens (tertiary/aromatic N) is 3. The van der Waals surface area contributed by atoms with Crippen molar-refractivity contribution in [3.05, 3.63) is 11.9 Å². The highest BCUT2D eigenvalue weighted by molar-refractivity contribution is 5.29. The van der Waals surface area contributed by atoms with Gasteiger partial charge in [-0.25, -0.2) is 0 Å². The minimum atomic E-state index is 0.0578. The summed E-state index contributed by atoms with van der Waals surface area (Å²) < 4.78 is 7.51. The second-order valence-electron chi connectivity index (χ2n) is 6.64. The van der Waals surface area contributed by atoms with Crippen molar-refractivity contribution in [1.82, 2.24) is 14.7 Å². The Bertz CT molecular complexity index is 460. The molecule has 1 aromatic rings. The van der Waals surface area contributed by atoms with Crippen molar-refractivity contribution < 1.29 is 4.74 Å². The quantitative estimate of drug-likeness (QED) is 0.857. The number of rotatable bonds is 6. The van der Waals surface area contributed by atoms with E-state index in [-0.39, 0.29) is 6.04 Å². The molecule has 3 atom stereocenters. The topological polar surface area (TPSA) is 56.3 Å². The lowest BCUT2D eigenvalue weighted by atomic mass is 9.92. The molecule has 1 heterocycles. The van der Waals surface area contributed by atoms with Crippen LogP contribution in [-0.2, 0) is 6.54 Å². The van der Waals surface area contributed by atoms with Gasteiger partial charge in [0.25, 0.3) is 0 Å². The molecular formula is C15H26N4O. The molecule has 20 heavy (non-hydrogen) atoms. The van der Waals surface area contributed by atoms with Gasteiger partial charge in [-0.1, -0.05) is 0 Å². The van der Waals surface area contributed by atoms with E-state index in [2.05, 4.69) is 24.1 Å². The van der Waals surface area contributed by atoms with Crippen LogP contribution in [0, 0.1) is 17.8 Å². The molecule has 5 heteroatoms. The molecule has 0 spiro atoms. The lowest BCUT2D eigenvalue weighted by Crippen LogP contribution is -2.27. The Morgan fingerprint density at radius 3 is 2.70 bits per heavy atom. The van der Waals surface area contributed by atoms with Crippen LogP contribution < -0.4 is 10.5 Å². The first-order chi connectivity index (χ1) is 9.60. The standard InChI is InChI=1S/C15H26N4O/c1-18(2)4-5-19-15(13(20-3)9-17-19)14(16)12-7-10-6-11(10)8-12/h9-12,14H,4-8,16H2,1-3H3. The summed E-state index contributed by atoms with van der Waals surface area (Å²) in [5.41, 5.74) is 7.64. The summed E-state index contributed by atoms with van der Waals surface area (Å²) in [6, 6.07) is 0.0578. The Labute approximate surface area is 121 Å². The van der Waals surface area contributed by atoms with E-state index >= 15 is 0 Å². The Balaban J connectivity index is 1.76. The molecule has 0 saturated heterocycles. The van der Waals surface area contributed by atoms with Crippen LogP contribution in [0.3, 0.4) is 0 Å². The molecule has 3 rings (SSSR count). The maximum absolute atomic E-state index is 6.56. The molecule has 112 valence electrons. The van der Waals surface area contributed by atoms with Crippen LogP contribution >= 0.6 is 0 Å². The van der Waals surface area contributed by atoms with Crippen LogP contribution in [0.5, 0.6) is 5.75 Å². The zero-order chi connectivity index (χ0) is 14.3. The summed E-state index contributed by atoms with van der Waals surface area (Å²) in [4.78, 5) is 2.16. The van der Waals surface area contributed by atoms with Crippen LogP contribution in [0.2, 0.25) is 0 Å². The number of hydrogen-bond donors (Lipinski definition) is 1. The van der Waals surface area contributed by atoms with Gasteiger partial charge in [0.2, 0.25) is 0 Å². The lowest BCUT2D eigenvalue weighted by molar-refractivity contribution is 0.334. The molecule has 2 aliphatic rings. The third-order valence-corrected chi connectivity index (χ3v) is 4.93. The number of aromatic nitrogens is 2.